The van der Waals surface area contributed by atoms with Crippen molar-refractivity contribution >= 4 is 29.4 Å². The Balaban J connectivity index is 1.69. The Labute approximate surface area is 173 Å². The molecule has 0 aliphatic carbocycles. The molecule has 0 aliphatic heterocycles. The molecule has 30 heavy (non-hydrogen) atoms. The third-order valence-electron chi connectivity index (χ3n) is 4.00. The van der Waals surface area contributed by atoms with Gasteiger partial charge in [-0.2, -0.15) is 0 Å². The Bertz CT molecular complexity index is 913. The molecule has 0 bridgehead atoms. The highest BCUT2D eigenvalue weighted by Gasteiger charge is 2.16. The number of anilines is 1. The zero-order chi connectivity index (χ0) is 22.1. The molecule has 9 heteroatoms. The van der Waals surface area contributed by atoms with Gasteiger partial charge in [0.25, 0.3) is 11.8 Å². The van der Waals surface area contributed by atoms with Gasteiger partial charge in [0.2, 0.25) is 5.91 Å². The number of nitrogens with one attached hydrogen (secondary N) is 2. The molecule has 0 saturated heterocycles. The van der Waals surface area contributed by atoms with E-state index in [4.69, 9.17) is 4.74 Å². The highest BCUT2D eigenvalue weighted by molar-refractivity contribution is 5.96. The minimum atomic E-state index is -0.784. The van der Waals surface area contributed by atoms with Crippen molar-refractivity contribution in [2.75, 3.05) is 32.1 Å². The zero-order valence-electron chi connectivity index (χ0n) is 16.6. The summed E-state index contributed by atoms with van der Waals surface area (Å²) in [7, 11) is 1.37. The third kappa shape index (κ3) is 7.34. The van der Waals surface area contributed by atoms with E-state index in [0.717, 1.165) is 10.5 Å². The lowest BCUT2D eigenvalue weighted by atomic mass is 10.1. The number of esters is 1. The van der Waals surface area contributed by atoms with Gasteiger partial charge < -0.3 is 20.3 Å². The molecule has 0 fully saturated rings. The summed E-state index contributed by atoms with van der Waals surface area (Å²) in [5.74, 6) is -2.74. The summed E-state index contributed by atoms with van der Waals surface area (Å²) in [4.78, 5) is 48.7. The van der Waals surface area contributed by atoms with Crippen LogP contribution in [0, 0.1) is 12.7 Å². The van der Waals surface area contributed by atoms with Gasteiger partial charge in [0.15, 0.2) is 6.61 Å². The summed E-state index contributed by atoms with van der Waals surface area (Å²) < 4.78 is 17.7. The monoisotopic (exact) mass is 415 g/mol. The second-order valence-corrected chi connectivity index (χ2v) is 6.51. The van der Waals surface area contributed by atoms with E-state index in [1.807, 2.05) is 6.92 Å². The number of halogens is 1. The van der Waals surface area contributed by atoms with Gasteiger partial charge >= 0.3 is 5.97 Å². The van der Waals surface area contributed by atoms with E-state index in [1.54, 1.807) is 24.3 Å². The molecule has 0 atom stereocenters. The fraction of sp³-hybridized carbons (Fsp3) is 0.238. The molecule has 0 radical (unpaired) electrons. The first-order valence-corrected chi connectivity index (χ1v) is 9.04. The average Bonchev–Trinajstić information content (AvgIpc) is 2.72. The van der Waals surface area contributed by atoms with Crippen LogP contribution in [0.4, 0.5) is 10.1 Å². The van der Waals surface area contributed by atoms with Crippen molar-refractivity contribution in [3.8, 4) is 0 Å². The quantitative estimate of drug-likeness (QED) is 0.636. The van der Waals surface area contributed by atoms with Crippen LogP contribution in [0.15, 0.2) is 48.5 Å². The SMILES string of the molecule is Cc1ccc(C(=O)NCC(=O)OCC(=O)N(C)CC(=O)Nc2ccc(F)cc2)cc1. The number of ether oxygens (including phenoxy) is 1. The van der Waals surface area contributed by atoms with Crippen LogP contribution in [0.1, 0.15) is 15.9 Å². The number of aryl methyl sites for hydroxylation is 1. The zero-order valence-corrected chi connectivity index (χ0v) is 16.6. The largest absolute Gasteiger partial charge is 0.454 e. The summed E-state index contributed by atoms with van der Waals surface area (Å²) in [6, 6.07) is 12.0. The van der Waals surface area contributed by atoms with Crippen molar-refractivity contribution in [2.45, 2.75) is 6.92 Å². The molecule has 0 aliphatic rings. The van der Waals surface area contributed by atoms with E-state index in [1.165, 1.54) is 31.3 Å². The number of benzene rings is 2. The van der Waals surface area contributed by atoms with E-state index >= 15 is 0 Å². The Morgan fingerprint density at radius 2 is 1.63 bits per heavy atom. The molecule has 0 saturated carbocycles. The Hall–Kier alpha value is -3.75. The van der Waals surface area contributed by atoms with E-state index < -0.39 is 42.7 Å². The van der Waals surface area contributed by atoms with Crippen molar-refractivity contribution in [2.24, 2.45) is 0 Å². The van der Waals surface area contributed by atoms with E-state index in [0.29, 0.717) is 11.3 Å². The number of hydrogen-bond donors (Lipinski definition) is 2. The average molecular weight is 415 g/mol. The lowest BCUT2D eigenvalue weighted by molar-refractivity contribution is -0.150. The third-order valence-corrected chi connectivity index (χ3v) is 4.00. The smallest absolute Gasteiger partial charge is 0.325 e. The number of carbonyl (C=O) groups excluding carboxylic acids is 4. The number of amides is 3. The maximum atomic E-state index is 12.9. The van der Waals surface area contributed by atoms with Gasteiger partial charge in [-0.1, -0.05) is 17.7 Å². The number of rotatable bonds is 8. The molecule has 0 unspecified atom stereocenters. The van der Waals surface area contributed by atoms with Crippen molar-refractivity contribution in [1.29, 1.82) is 0 Å². The van der Waals surface area contributed by atoms with Crippen LogP contribution >= 0.6 is 0 Å². The Kier molecular flexibility index (Phi) is 8.04. The van der Waals surface area contributed by atoms with E-state index in [-0.39, 0.29) is 6.54 Å². The summed E-state index contributed by atoms with van der Waals surface area (Å²) >= 11 is 0. The molecule has 0 aromatic heterocycles. The van der Waals surface area contributed by atoms with Gasteiger partial charge in [-0.3, -0.25) is 19.2 Å². The molecule has 2 rings (SSSR count). The molecule has 0 spiro atoms. The van der Waals surface area contributed by atoms with Crippen LogP contribution in [-0.2, 0) is 19.1 Å². The topological polar surface area (TPSA) is 105 Å². The van der Waals surface area contributed by atoms with Crippen molar-refractivity contribution < 1.29 is 28.3 Å². The summed E-state index contributed by atoms with van der Waals surface area (Å²) in [5.41, 5.74) is 1.79. The number of carbonyl (C=O) groups is 4. The minimum absolute atomic E-state index is 0.280. The Morgan fingerprint density at radius 3 is 2.27 bits per heavy atom. The fourth-order valence-corrected chi connectivity index (χ4v) is 2.30. The molecule has 3 amide bonds. The maximum absolute atomic E-state index is 12.9. The van der Waals surface area contributed by atoms with Crippen LogP contribution in [0.25, 0.3) is 0 Å². The van der Waals surface area contributed by atoms with Crippen LogP contribution in [0.5, 0.6) is 0 Å². The highest BCUT2D eigenvalue weighted by Crippen LogP contribution is 2.08. The summed E-state index contributed by atoms with van der Waals surface area (Å²) in [6.45, 7) is 0.645. The second-order valence-electron chi connectivity index (χ2n) is 6.51. The minimum Gasteiger partial charge on any atom is -0.454 e. The first kappa shape index (κ1) is 22.5. The van der Waals surface area contributed by atoms with Crippen molar-refractivity contribution in [1.82, 2.24) is 10.2 Å². The van der Waals surface area contributed by atoms with Crippen LogP contribution in [0.2, 0.25) is 0 Å². The molecular formula is C21H22FN3O5. The van der Waals surface area contributed by atoms with Gasteiger partial charge in [-0.05, 0) is 43.3 Å². The first-order chi connectivity index (χ1) is 14.2. The van der Waals surface area contributed by atoms with Crippen molar-refractivity contribution in [3.63, 3.8) is 0 Å². The molecule has 2 aromatic carbocycles. The molecule has 2 aromatic rings. The van der Waals surface area contributed by atoms with Crippen molar-refractivity contribution in [3.05, 3.63) is 65.5 Å². The Morgan fingerprint density at radius 1 is 1.00 bits per heavy atom. The fourth-order valence-electron chi connectivity index (χ4n) is 2.30. The maximum Gasteiger partial charge on any atom is 0.325 e. The van der Waals surface area contributed by atoms with Gasteiger partial charge in [0.05, 0.1) is 6.54 Å². The molecule has 2 N–H and O–H groups in total. The summed E-state index contributed by atoms with van der Waals surface area (Å²) in [6.07, 6.45) is 0. The van der Waals surface area contributed by atoms with Gasteiger partial charge in [0.1, 0.15) is 12.4 Å². The number of hydrogen-bond acceptors (Lipinski definition) is 5. The van der Waals surface area contributed by atoms with Crippen LogP contribution in [0.3, 0.4) is 0 Å². The second kappa shape index (κ2) is 10.7. The number of nitrogens with zero attached hydrogens (tertiary/aromatic N) is 1. The first-order valence-electron chi connectivity index (χ1n) is 9.04. The van der Waals surface area contributed by atoms with Gasteiger partial charge in [-0.15, -0.1) is 0 Å². The molecule has 0 heterocycles. The normalized spacial score (nSPS) is 10.1. The van der Waals surface area contributed by atoms with E-state index in [9.17, 15) is 23.6 Å². The highest BCUT2D eigenvalue weighted by atomic mass is 19.1. The lowest BCUT2D eigenvalue weighted by Crippen LogP contribution is -2.38. The standard InChI is InChI=1S/C21H22FN3O5/c1-14-3-5-15(6-4-14)21(29)23-11-20(28)30-13-19(27)25(2)12-18(26)24-17-9-7-16(22)8-10-17/h3-10H,11-13H2,1-2H3,(H,23,29)(H,24,26). The lowest BCUT2D eigenvalue weighted by Gasteiger charge is -2.17. The molecule has 158 valence electrons. The predicted molar refractivity (Wildman–Crippen MR) is 107 cm³/mol. The van der Waals surface area contributed by atoms with Gasteiger partial charge in [0, 0.05) is 18.3 Å². The van der Waals surface area contributed by atoms with Crippen LogP contribution < -0.4 is 10.6 Å². The number of likely N-dealkylation sites (N-methyl/N-ethyl adjacent to an activating group) is 1. The predicted octanol–water partition coefficient (Wildman–Crippen LogP) is 1.50. The van der Waals surface area contributed by atoms with Crippen LogP contribution in [-0.4, -0.2) is 55.3 Å². The van der Waals surface area contributed by atoms with Gasteiger partial charge in [-0.25, -0.2) is 4.39 Å². The summed E-state index contributed by atoms with van der Waals surface area (Å²) in [5, 5.41) is 4.92. The van der Waals surface area contributed by atoms with E-state index in [2.05, 4.69) is 10.6 Å². The molecule has 8 nitrogen and oxygen atoms in total. The molecular weight excluding hydrogens is 393 g/mol.